The molecule has 0 N–H and O–H groups in total. The molecule has 2 heterocycles. The molecule has 0 saturated carbocycles. The Kier molecular flexibility index (Phi) is 6.38. The molecule has 0 bridgehead atoms. The molecule has 0 unspecified atom stereocenters. The van der Waals surface area contributed by atoms with Crippen molar-refractivity contribution >= 4 is 61.4 Å². The van der Waals surface area contributed by atoms with Gasteiger partial charge in [-0.15, -0.1) is 0 Å². The molecule has 5 heteroatoms. The lowest BCUT2D eigenvalue weighted by atomic mass is 9.97. The average molecular weight is 622 g/mol. The van der Waals surface area contributed by atoms with E-state index in [1.165, 1.54) is 16.3 Å². The van der Waals surface area contributed by atoms with Crippen molar-refractivity contribution in [3.8, 4) is 22.5 Å². The lowest BCUT2D eigenvalue weighted by Crippen LogP contribution is -2.24. The Morgan fingerprint density at radius 2 is 1.09 bits per heavy atom. The van der Waals surface area contributed by atoms with Crippen LogP contribution >= 0.6 is 7.14 Å². The number of hydrogen-bond acceptors (Lipinski definition) is 3. The van der Waals surface area contributed by atoms with Gasteiger partial charge in [-0.2, -0.15) is 0 Å². The van der Waals surface area contributed by atoms with E-state index >= 15 is 0 Å². The fourth-order valence-electron chi connectivity index (χ4n) is 6.78. The second kappa shape index (κ2) is 10.9. The molecule has 0 aliphatic heterocycles. The Hall–Kier alpha value is -5.83. The Morgan fingerprint density at radius 3 is 1.85 bits per heavy atom. The minimum absolute atomic E-state index is 0.783. The summed E-state index contributed by atoms with van der Waals surface area (Å²) in [7, 11) is -3.09. The van der Waals surface area contributed by atoms with Crippen molar-refractivity contribution < 1.29 is 4.57 Å². The molecule has 0 saturated heterocycles. The van der Waals surface area contributed by atoms with E-state index in [2.05, 4.69) is 71.1 Å². The summed E-state index contributed by atoms with van der Waals surface area (Å²) in [5.74, 6) is 0.792. The lowest BCUT2D eigenvalue weighted by molar-refractivity contribution is 0.592. The SMILES string of the molecule is O=P(c1ccccc1)(c1ccccc1)c1ccc(-c2nc3ccc(-c4cccc5ccccc45)cc3c3nc4ccccc4n23)cc1. The van der Waals surface area contributed by atoms with Crippen LogP contribution in [0.5, 0.6) is 0 Å². The van der Waals surface area contributed by atoms with E-state index < -0.39 is 7.14 Å². The molecule has 0 aliphatic rings. The van der Waals surface area contributed by atoms with E-state index in [0.717, 1.165) is 60.4 Å². The maximum atomic E-state index is 15.0. The molecule has 2 aromatic heterocycles. The standard InChI is InChI=1S/C42H28N3OP/c46-47(32-14-3-1-4-15-32,33-16-5-2-6-17-33)34-25-22-30(23-26-34)41-43-38-27-24-31(36-19-11-13-29-12-7-8-18-35(29)36)28-37(38)42-44-39-20-9-10-21-40(39)45(41)42/h1-28H. The van der Waals surface area contributed by atoms with Gasteiger partial charge in [0.2, 0.25) is 0 Å². The van der Waals surface area contributed by atoms with E-state index in [1.54, 1.807) is 0 Å². The highest BCUT2D eigenvalue weighted by molar-refractivity contribution is 7.85. The molecule has 0 spiro atoms. The van der Waals surface area contributed by atoms with Gasteiger partial charge in [-0.05, 0) is 46.2 Å². The highest BCUT2D eigenvalue weighted by Crippen LogP contribution is 2.43. The van der Waals surface area contributed by atoms with E-state index in [4.69, 9.17) is 9.97 Å². The van der Waals surface area contributed by atoms with Crippen molar-refractivity contribution in [2.24, 2.45) is 0 Å². The lowest BCUT2D eigenvalue weighted by Gasteiger charge is -2.20. The highest BCUT2D eigenvalue weighted by atomic mass is 31.2. The molecular formula is C42H28N3OP. The molecule has 0 fully saturated rings. The number of para-hydroxylation sites is 2. The summed E-state index contributed by atoms with van der Waals surface area (Å²) in [6, 6.07) is 57.2. The Balaban J connectivity index is 1.24. The van der Waals surface area contributed by atoms with Crippen LogP contribution in [0.1, 0.15) is 0 Å². The second-order valence-electron chi connectivity index (χ2n) is 11.8. The first-order valence-corrected chi connectivity index (χ1v) is 17.4. The van der Waals surface area contributed by atoms with Gasteiger partial charge in [0.1, 0.15) is 11.5 Å². The van der Waals surface area contributed by atoms with Crippen LogP contribution in [-0.2, 0) is 4.57 Å². The van der Waals surface area contributed by atoms with Crippen LogP contribution in [0.25, 0.3) is 60.9 Å². The molecule has 0 radical (unpaired) electrons. The van der Waals surface area contributed by atoms with Gasteiger partial charge in [-0.1, -0.05) is 146 Å². The minimum atomic E-state index is -3.09. The maximum absolute atomic E-state index is 15.0. The minimum Gasteiger partial charge on any atom is -0.309 e. The van der Waals surface area contributed by atoms with Gasteiger partial charge < -0.3 is 4.57 Å². The van der Waals surface area contributed by atoms with Gasteiger partial charge >= 0.3 is 0 Å². The zero-order chi connectivity index (χ0) is 31.4. The second-order valence-corrected chi connectivity index (χ2v) is 14.5. The van der Waals surface area contributed by atoms with Crippen LogP contribution in [0.15, 0.2) is 170 Å². The molecule has 47 heavy (non-hydrogen) atoms. The summed E-state index contributed by atoms with van der Waals surface area (Å²) < 4.78 is 17.1. The van der Waals surface area contributed by atoms with Crippen molar-refractivity contribution in [1.82, 2.24) is 14.4 Å². The van der Waals surface area contributed by atoms with E-state index in [0.29, 0.717) is 0 Å². The number of imidazole rings is 1. The Morgan fingerprint density at radius 1 is 0.468 bits per heavy atom. The van der Waals surface area contributed by atoms with Crippen LogP contribution in [0.4, 0.5) is 0 Å². The zero-order valence-electron chi connectivity index (χ0n) is 25.4. The largest absolute Gasteiger partial charge is 0.309 e. The van der Waals surface area contributed by atoms with Gasteiger partial charge in [0.05, 0.1) is 16.6 Å². The van der Waals surface area contributed by atoms with Crippen molar-refractivity contribution in [2.75, 3.05) is 0 Å². The van der Waals surface area contributed by atoms with Crippen LogP contribution in [0, 0.1) is 0 Å². The summed E-state index contributed by atoms with van der Waals surface area (Å²) in [6.07, 6.45) is 0. The summed E-state index contributed by atoms with van der Waals surface area (Å²) in [5, 5.41) is 5.82. The number of hydrogen-bond donors (Lipinski definition) is 0. The van der Waals surface area contributed by atoms with Gasteiger partial charge in [-0.25, -0.2) is 9.97 Å². The van der Waals surface area contributed by atoms with Crippen molar-refractivity contribution in [3.63, 3.8) is 0 Å². The van der Waals surface area contributed by atoms with Gasteiger partial charge in [0.25, 0.3) is 0 Å². The van der Waals surface area contributed by atoms with E-state index in [1.807, 2.05) is 103 Å². The average Bonchev–Trinajstić information content (AvgIpc) is 3.55. The number of rotatable bonds is 5. The van der Waals surface area contributed by atoms with Gasteiger partial charge in [0, 0.05) is 26.9 Å². The number of nitrogens with zero attached hydrogens (tertiary/aromatic N) is 3. The molecule has 0 aliphatic carbocycles. The van der Waals surface area contributed by atoms with Crippen LogP contribution in [-0.4, -0.2) is 14.4 Å². The van der Waals surface area contributed by atoms with Crippen molar-refractivity contribution in [2.45, 2.75) is 0 Å². The quantitative estimate of drug-likeness (QED) is 0.180. The first kappa shape index (κ1) is 27.5. The van der Waals surface area contributed by atoms with E-state index in [-0.39, 0.29) is 0 Å². The Labute approximate surface area is 272 Å². The van der Waals surface area contributed by atoms with Gasteiger partial charge in [-0.3, -0.25) is 4.40 Å². The number of benzene rings is 7. The zero-order valence-corrected chi connectivity index (χ0v) is 26.3. The van der Waals surface area contributed by atoms with E-state index in [9.17, 15) is 4.57 Å². The molecular weight excluding hydrogens is 593 g/mol. The van der Waals surface area contributed by atoms with Crippen LogP contribution < -0.4 is 15.9 Å². The third kappa shape index (κ3) is 4.41. The number of fused-ring (bicyclic) bond motifs is 6. The molecule has 0 amide bonds. The smallest absolute Gasteiger partial charge is 0.171 e. The molecule has 222 valence electrons. The van der Waals surface area contributed by atoms with Crippen LogP contribution in [0.3, 0.4) is 0 Å². The number of aromatic nitrogens is 3. The fourth-order valence-corrected chi connectivity index (χ4v) is 9.43. The fraction of sp³-hybridized carbons (Fsp3) is 0. The molecule has 7 aromatic carbocycles. The first-order chi connectivity index (χ1) is 23.2. The normalized spacial score (nSPS) is 11.9. The summed E-state index contributed by atoms with van der Waals surface area (Å²) >= 11 is 0. The summed E-state index contributed by atoms with van der Waals surface area (Å²) in [4.78, 5) is 10.4. The molecule has 9 aromatic rings. The predicted octanol–water partition coefficient (Wildman–Crippen LogP) is 9.16. The highest BCUT2D eigenvalue weighted by Gasteiger charge is 2.29. The van der Waals surface area contributed by atoms with Crippen molar-refractivity contribution in [3.05, 3.63) is 170 Å². The Bertz CT molecular complexity index is 2600. The first-order valence-electron chi connectivity index (χ1n) is 15.7. The van der Waals surface area contributed by atoms with Crippen LogP contribution in [0.2, 0.25) is 0 Å². The summed E-state index contributed by atoms with van der Waals surface area (Å²) in [6.45, 7) is 0. The maximum Gasteiger partial charge on any atom is 0.171 e. The van der Waals surface area contributed by atoms with Crippen molar-refractivity contribution in [1.29, 1.82) is 0 Å². The topological polar surface area (TPSA) is 47.3 Å². The summed E-state index contributed by atoms with van der Waals surface area (Å²) in [5.41, 5.74) is 6.86. The third-order valence-corrected chi connectivity index (χ3v) is 12.1. The monoisotopic (exact) mass is 621 g/mol. The molecule has 9 rings (SSSR count). The molecule has 4 nitrogen and oxygen atoms in total. The van der Waals surface area contributed by atoms with Gasteiger partial charge in [0.15, 0.2) is 7.14 Å². The third-order valence-electron chi connectivity index (χ3n) is 9.07. The molecule has 0 atom stereocenters. The predicted molar refractivity (Wildman–Crippen MR) is 196 cm³/mol.